The van der Waals surface area contributed by atoms with Crippen LogP contribution in [0.4, 0.5) is 0 Å². The van der Waals surface area contributed by atoms with Gasteiger partial charge >= 0.3 is 0 Å². The molecule has 0 bridgehead atoms. The van der Waals surface area contributed by atoms with Crippen LogP contribution in [0.2, 0.25) is 0 Å². The van der Waals surface area contributed by atoms with E-state index in [2.05, 4.69) is 52.3 Å². The van der Waals surface area contributed by atoms with Crippen LogP contribution in [0.15, 0.2) is 42.9 Å². The summed E-state index contributed by atoms with van der Waals surface area (Å²) in [5.41, 5.74) is 5.80. The van der Waals surface area contributed by atoms with Gasteiger partial charge in [-0.25, -0.2) is 9.97 Å². The highest BCUT2D eigenvalue weighted by Gasteiger charge is 2.05. The fourth-order valence-electron chi connectivity index (χ4n) is 3.06. The first-order valence-corrected chi connectivity index (χ1v) is 8.09. The van der Waals surface area contributed by atoms with Gasteiger partial charge in [-0.15, -0.1) is 0 Å². The molecule has 4 nitrogen and oxygen atoms in total. The monoisotopic (exact) mass is 304 g/mol. The maximum Gasteiger partial charge on any atom is 0.139 e. The lowest BCUT2D eigenvalue weighted by atomic mass is 10.1. The van der Waals surface area contributed by atoms with E-state index in [1.54, 1.807) is 0 Å². The predicted octanol–water partition coefficient (Wildman–Crippen LogP) is 3.80. The van der Waals surface area contributed by atoms with E-state index in [0.717, 1.165) is 30.6 Å². The summed E-state index contributed by atoms with van der Waals surface area (Å²) < 4.78 is 2.05. The summed E-state index contributed by atoms with van der Waals surface area (Å²) in [5.74, 6) is 0. The first-order valence-electron chi connectivity index (χ1n) is 8.09. The van der Waals surface area contributed by atoms with Crippen molar-refractivity contribution in [3.05, 3.63) is 59.7 Å². The second kappa shape index (κ2) is 5.54. The number of rotatable bonds is 4. The molecule has 0 radical (unpaired) electrons. The quantitative estimate of drug-likeness (QED) is 0.623. The van der Waals surface area contributed by atoms with E-state index in [0.29, 0.717) is 0 Å². The molecule has 0 unspecified atom stereocenters. The SMILES string of the molecule is CCc1cnc2[nH]c(CCc3cnc4c(ccn4C)c3)cc2c1. The van der Waals surface area contributed by atoms with Crippen LogP contribution >= 0.6 is 0 Å². The summed E-state index contributed by atoms with van der Waals surface area (Å²) in [6.45, 7) is 2.16. The molecular formula is C19H20N4. The molecule has 0 saturated heterocycles. The molecule has 4 aromatic rings. The van der Waals surface area contributed by atoms with Gasteiger partial charge in [0.25, 0.3) is 0 Å². The molecule has 0 amide bonds. The molecule has 0 aliphatic carbocycles. The number of pyridine rings is 2. The van der Waals surface area contributed by atoms with E-state index in [9.17, 15) is 0 Å². The molecule has 0 aliphatic heterocycles. The first kappa shape index (κ1) is 14.0. The number of hydrogen-bond acceptors (Lipinski definition) is 2. The second-order valence-electron chi connectivity index (χ2n) is 6.11. The van der Waals surface area contributed by atoms with Crippen molar-refractivity contribution in [3.8, 4) is 0 Å². The summed E-state index contributed by atoms with van der Waals surface area (Å²) in [6.07, 6.45) is 8.96. The lowest BCUT2D eigenvalue weighted by Gasteiger charge is -2.01. The average Bonchev–Trinajstić information content (AvgIpc) is 3.15. The fourth-order valence-corrected chi connectivity index (χ4v) is 3.06. The first-order chi connectivity index (χ1) is 11.2. The van der Waals surface area contributed by atoms with Crippen molar-refractivity contribution in [1.82, 2.24) is 19.5 Å². The lowest BCUT2D eigenvalue weighted by Crippen LogP contribution is -1.94. The number of aromatic amines is 1. The minimum Gasteiger partial charge on any atom is -0.343 e. The van der Waals surface area contributed by atoms with E-state index in [4.69, 9.17) is 0 Å². The molecule has 0 fully saturated rings. The van der Waals surface area contributed by atoms with Crippen molar-refractivity contribution < 1.29 is 0 Å². The van der Waals surface area contributed by atoms with Gasteiger partial charge in [0.15, 0.2) is 0 Å². The lowest BCUT2D eigenvalue weighted by molar-refractivity contribution is 0.915. The zero-order chi connectivity index (χ0) is 15.8. The van der Waals surface area contributed by atoms with Gasteiger partial charge in [0.1, 0.15) is 11.3 Å². The Morgan fingerprint density at radius 1 is 1.00 bits per heavy atom. The molecule has 4 rings (SSSR count). The summed E-state index contributed by atoms with van der Waals surface area (Å²) in [6, 6.07) is 8.79. The smallest absolute Gasteiger partial charge is 0.139 e. The molecule has 0 spiro atoms. The molecular weight excluding hydrogens is 284 g/mol. The summed E-state index contributed by atoms with van der Waals surface area (Å²) in [5, 5.41) is 2.41. The van der Waals surface area contributed by atoms with Crippen LogP contribution in [0.3, 0.4) is 0 Å². The van der Waals surface area contributed by atoms with Crippen molar-refractivity contribution in [2.75, 3.05) is 0 Å². The van der Waals surface area contributed by atoms with Crippen LogP contribution in [-0.4, -0.2) is 19.5 Å². The summed E-state index contributed by atoms with van der Waals surface area (Å²) in [7, 11) is 2.02. The summed E-state index contributed by atoms with van der Waals surface area (Å²) >= 11 is 0. The Morgan fingerprint density at radius 2 is 1.83 bits per heavy atom. The van der Waals surface area contributed by atoms with Gasteiger partial charge < -0.3 is 9.55 Å². The minimum atomic E-state index is 0.970. The van der Waals surface area contributed by atoms with Crippen LogP contribution in [0.25, 0.3) is 22.1 Å². The topological polar surface area (TPSA) is 46.5 Å². The zero-order valence-corrected chi connectivity index (χ0v) is 13.5. The second-order valence-corrected chi connectivity index (χ2v) is 6.11. The summed E-state index contributed by atoms with van der Waals surface area (Å²) in [4.78, 5) is 12.5. The molecule has 4 heterocycles. The highest BCUT2D eigenvalue weighted by molar-refractivity contribution is 5.77. The molecule has 4 aromatic heterocycles. The Bertz CT molecular complexity index is 978. The van der Waals surface area contributed by atoms with Crippen molar-refractivity contribution in [2.45, 2.75) is 26.2 Å². The number of nitrogens with one attached hydrogen (secondary N) is 1. The standard InChI is InChI=1S/C19H20N4/c1-3-13-8-16-10-17(22-18(16)20-11-13)5-4-14-9-15-6-7-23(2)19(15)21-12-14/h6-12H,3-5H2,1-2H3,(H,20,22). The van der Waals surface area contributed by atoms with Crippen LogP contribution in [-0.2, 0) is 26.3 Å². The number of hydrogen-bond donors (Lipinski definition) is 1. The molecule has 1 N–H and O–H groups in total. The largest absolute Gasteiger partial charge is 0.343 e. The van der Waals surface area contributed by atoms with E-state index >= 15 is 0 Å². The van der Waals surface area contributed by atoms with Crippen LogP contribution in [0, 0.1) is 0 Å². The molecule has 4 heteroatoms. The predicted molar refractivity (Wildman–Crippen MR) is 93.6 cm³/mol. The minimum absolute atomic E-state index is 0.970. The number of H-pyrrole nitrogens is 1. The molecule has 0 aliphatic rings. The fraction of sp³-hybridized carbons (Fsp3) is 0.263. The van der Waals surface area contributed by atoms with Crippen molar-refractivity contribution >= 4 is 22.1 Å². The van der Waals surface area contributed by atoms with Crippen LogP contribution in [0.1, 0.15) is 23.7 Å². The van der Waals surface area contributed by atoms with Crippen LogP contribution < -0.4 is 0 Å². The van der Waals surface area contributed by atoms with Gasteiger partial charge in [-0.05, 0) is 54.7 Å². The van der Waals surface area contributed by atoms with Gasteiger partial charge in [0.2, 0.25) is 0 Å². The Balaban J connectivity index is 1.55. The van der Waals surface area contributed by atoms with E-state index in [1.807, 2.05) is 24.0 Å². The third kappa shape index (κ3) is 2.61. The normalized spacial score (nSPS) is 11.6. The number of fused-ring (bicyclic) bond motifs is 2. The zero-order valence-electron chi connectivity index (χ0n) is 13.5. The number of aryl methyl sites for hydroxylation is 4. The van der Waals surface area contributed by atoms with Gasteiger partial charge in [-0.3, -0.25) is 0 Å². The molecule has 0 aromatic carbocycles. The van der Waals surface area contributed by atoms with Gasteiger partial charge in [-0.2, -0.15) is 0 Å². The van der Waals surface area contributed by atoms with Gasteiger partial charge in [0.05, 0.1) is 0 Å². The van der Waals surface area contributed by atoms with Crippen molar-refractivity contribution in [2.24, 2.45) is 7.05 Å². The molecule has 0 saturated carbocycles. The average molecular weight is 304 g/mol. The highest BCUT2D eigenvalue weighted by atomic mass is 15.0. The van der Waals surface area contributed by atoms with Crippen molar-refractivity contribution in [1.29, 1.82) is 0 Å². The molecule has 0 atom stereocenters. The third-order valence-electron chi connectivity index (χ3n) is 4.44. The van der Waals surface area contributed by atoms with Crippen LogP contribution in [0.5, 0.6) is 0 Å². The maximum absolute atomic E-state index is 4.56. The number of aromatic nitrogens is 4. The Morgan fingerprint density at radius 3 is 2.70 bits per heavy atom. The highest BCUT2D eigenvalue weighted by Crippen LogP contribution is 2.18. The third-order valence-corrected chi connectivity index (χ3v) is 4.44. The van der Waals surface area contributed by atoms with Gasteiger partial charge in [-0.1, -0.05) is 6.92 Å². The Kier molecular flexibility index (Phi) is 3.37. The Hall–Kier alpha value is -2.62. The van der Waals surface area contributed by atoms with E-state index in [-0.39, 0.29) is 0 Å². The van der Waals surface area contributed by atoms with Gasteiger partial charge in [0, 0.05) is 42.1 Å². The Labute approximate surface area is 135 Å². The molecule has 116 valence electrons. The van der Waals surface area contributed by atoms with E-state index in [1.165, 1.54) is 27.6 Å². The molecule has 23 heavy (non-hydrogen) atoms. The van der Waals surface area contributed by atoms with E-state index < -0.39 is 0 Å². The maximum atomic E-state index is 4.56. The van der Waals surface area contributed by atoms with Crippen molar-refractivity contribution in [3.63, 3.8) is 0 Å². The number of nitrogens with zero attached hydrogens (tertiary/aromatic N) is 3.